The van der Waals surface area contributed by atoms with Crippen LogP contribution in [0.5, 0.6) is 0 Å². The van der Waals surface area contributed by atoms with E-state index in [-0.39, 0.29) is 6.04 Å². The zero-order valence-corrected chi connectivity index (χ0v) is 13.3. The molecule has 0 fully saturated rings. The number of halogens is 2. The number of hydrogen-bond acceptors (Lipinski definition) is 4. The van der Waals surface area contributed by atoms with E-state index in [1.54, 1.807) is 18.2 Å². The number of benzene rings is 1. The summed E-state index contributed by atoms with van der Waals surface area (Å²) in [7, 11) is 1.35. The fraction of sp³-hybridized carbons (Fsp3) is 0.214. The Morgan fingerprint density at radius 3 is 2.65 bits per heavy atom. The summed E-state index contributed by atoms with van der Waals surface area (Å²) in [6.07, 6.45) is 0. The first-order chi connectivity index (χ1) is 9.51. The number of ether oxygens (including phenoxy) is 1. The van der Waals surface area contributed by atoms with Gasteiger partial charge in [0.1, 0.15) is 0 Å². The van der Waals surface area contributed by atoms with Crippen molar-refractivity contribution in [3.05, 3.63) is 50.1 Å². The summed E-state index contributed by atoms with van der Waals surface area (Å²) in [6.45, 7) is 2.00. The SMILES string of the molecule is COC(=O)c1ccc(Cl)c(NC(C)c2ccc(Cl)s2)c1. The third-order valence-electron chi connectivity index (χ3n) is 2.78. The van der Waals surface area contributed by atoms with Gasteiger partial charge in [-0.15, -0.1) is 11.3 Å². The van der Waals surface area contributed by atoms with Crippen molar-refractivity contribution in [1.29, 1.82) is 0 Å². The van der Waals surface area contributed by atoms with Crippen LogP contribution in [0.2, 0.25) is 9.36 Å². The van der Waals surface area contributed by atoms with Crippen molar-refractivity contribution < 1.29 is 9.53 Å². The molecule has 2 aromatic rings. The number of carbonyl (C=O) groups excluding carboxylic acids is 1. The quantitative estimate of drug-likeness (QED) is 0.801. The summed E-state index contributed by atoms with van der Waals surface area (Å²) in [5, 5.41) is 3.82. The maximum Gasteiger partial charge on any atom is 0.337 e. The molecule has 0 saturated heterocycles. The molecule has 0 radical (unpaired) electrons. The lowest BCUT2D eigenvalue weighted by Gasteiger charge is -2.15. The predicted octanol–water partition coefficient (Wildman–Crippen LogP) is 5.01. The van der Waals surface area contributed by atoms with Crippen LogP contribution < -0.4 is 5.32 Å². The molecule has 0 bridgehead atoms. The van der Waals surface area contributed by atoms with Gasteiger partial charge in [-0.3, -0.25) is 0 Å². The molecule has 0 aliphatic carbocycles. The molecule has 1 unspecified atom stereocenters. The van der Waals surface area contributed by atoms with E-state index in [2.05, 4.69) is 5.32 Å². The Morgan fingerprint density at radius 1 is 1.30 bits per heavy atom. The zero-order valence-electron chi connectivity index (χ0n) is 10.9. The minimum Gasteiger partial charge on any atom is -0.465 e. The van der Waals surface area contributed by atoms with Gasteiger partial charge in [0, 0.05) is 4.88 Å². The summed E-state index contributed by atoms with van der Waals surface area (Å²) < 4.78 is 5.44. The van der Waals surface area contributed by atoms with E-state index < -0.39 is 5.97 Å². The second-order valence-corrected chi connectivity index (χ2v) is 6.35. The number of thiophene rings is 1. The second-order valence-electron chi connectivity index (χ2n) is 4.19. The van der Waals surface area contributed by atoms with E-state index in [1.165, 1.54) is 18.4 Å². The third-order valence-corrected chi connectivity index (χ3v) is 4.52. The van der Waals surface area contributed by atoms with Crippen LogP contribution in [0.25, 0.3) is 0 Å². The van der Waals surface area contributed by atoms with Crippen molar-refractivity contribution in [3.63, 3.8) is 0 Å². The van der Waals surface area contributed by atoms with Crippen molar-refractivity contribution in [2.45, 2.75) is 13.0 Å². The maximum atomic E-state index is 11.5. The Kier molecular flexibility index (Phi) is 4.91. The van der Waals surface area contributed by atoms with Gasteiger partial charge in [0.25, 0.3) is 0 Å². The maximum absolute atomic E-state index is 11.5. The van der Waals surface area contributed by atoms with Gasteiger partial charge in [-0.2, -0.15) is 0 Å². The van der Waals surface area contributed by atoms with Crippen LogP contribution in [-0.2, 0) is 4.74 Å². The largest absolute Gasteiger partial charge is 0.465 e. The average Bonchev–Trinajstić information content (AvgIpc) is 2.87. The van der Waals surface area contributed by atoms with E-state index >= 15 is 0 Å². The van der Waals surface area contributed by atoms with Gasteiger partial charge >= 0.3 is 5.97 Å². The first kappa shape index (κ1) is 15.2. The normalized spacial score (nSPS) is 12.0. The highest BCUT2D eigenvalue weighted by atomic mass is 35.5. The van der Waals surface area contributed by atoms with Gasteiger partial charge in [-0.25, -0.2) is 4.79 Å². The van der Waals surface area contributed by atoms with Crippen molar-refractivity contribution in [1.82, 2.24) is 0 Å². The van der Waals surface area contributed by atoms with E-state index in [4.69, 9.17) is 27.9 Å². The van der Waals surface area contributed by atoms with Crippen LogP contribution in [0.3, 0.4) is 0 Å². The Morgan fingerprint density at radius 2 is 2.05 bits per heavy atom. The molecule has 1 heterocycles. The minimum absolute atomic E-state index is 0.0397. The highest BCUT2D eigenvalue weighted by molar-refractivity contribution is 7.16. The number of hydrogen-bond donors (Lipinski definition) is 1. The summed E-state index contributed by atoms with van der Waals surface area (Å²) in [5.41, 5.74) is 1.14. The summed E-state index contributed by atoms with van der Waals surface area (Å²) in [6, 6.07) is 8.84. The van der Waals surface area contributed by atoms with Crippen molar-refractivity contribution in [3.8, 4) is 0 Å². The predicted molar refractivity (Wildman–Crippen MR) is 84.2 cm³/mol. The van der Waals surface area contributed by atoms with Crippen LogP contribution in [0.15, 0.2) is 30.3 Å². The van der Waals surface area contributed by atoms with E-state index in [1.807, 2.05) is 19.1 Å². The summed E-state index contributed by atoms with van der Waals surface area (Å²) in [5.74, 6) is -0.392. The van der Waals surface area contributed by atoms with Gasteiger partial charge in [-0.05, 0) is 37.3 Å². The lowest BCUT2D eigenvalue weighted by atomic mass is 10.2. The van der Waals surface area contributed by atoms with Crippen LogP contribution >= 0.6 is 34.5 Å². The number of rotatable bonds is 4. The monoisotopic (exact) mass is 329 g/mol. The third kappa shape index (κ3) is 3.45. The minimum atomic E-state index is -0.392. The molecular weight excluding hydrogens is 317 g/mol. The lowest BCUT2D eigenvalue weighted by molar-refractivity contribution is 0.0601. The highest BCUT2D eigenvalue weighted by Gasteiger charge is 2.13. The Hall–Kier alpha value is -1.23. The Balaban J connectivity index is 2.22. The molecule has 3 nitrogen and oxygen atoms in total. The summed E-state index contributed by atoms with van der Waals surface area (Å²) in [4.78, 5) is 12.6. The number of anilines is 1. The molecular formula is C14H13Cl2NO2S. The second kappa shape index (κ2) is 6.48. The Bertz CT molecular complexity index is 627. The van der Waals surface area contributed by atoms with Crippen molar-refractivity contribution >= 4 is 46.2 Å². The standard InChI is InChI=1S/C14H13Cl2NO2S/c1-8(12-5-6-13(16)20-12)17-11-7-9(14(18)19-2)3-4-10(11)15/h3-8,17H,1-2H3. The Labute approximate surface area is 131 Å². The number of carbonyl (C=O) groups is 1. The molecule has 2 rings (SSSR count). The van der Waals surface area contributed by atoms with Gasteiger partial charge < -0.3 is 10.1 Å². The number of esters is 1. The molecule has 1 aromatic carbocycles. The molecule has 1 aromatic heterocycles. The van der Waals surface area contributed by atoms with Crippen molar-refractivity contribution in [2.75, 3.05) is 12.4 Å². The molecule has 1 atom stereocenters. The molecule has 0 saturated carbocycles. The molecule has 0 aliphatic heterocycles. The van der Waals surface area contributed by atoms with E-state index in [0.29, 0.717) is 16.3 Å². The van der Waals surface area contributed by atoms with Crippen molar-refractivity contribution in [2.24, 2.45) is 0 Å². The lowest BCUT2D eigenvalue weighted by Crippen LogP contribution is -2.07. The van der Waals surface area contributed by atoms with Gasteiger partial charge in [-0.1, -0.05) is 23.2 Å². The smallest absolute Gasteiger partial charge is 0.337 e. The number of nitrogens with one attached hydrogen (secondary N) is 1. The molecule has 0 spiro atoms. The van der Waals surface area contributed by atoms with Gasteiger partial charge in [0.15, 0.2) is 0 Å². The molecule has 0 amide bonds. The van der Waals surface area contributed by atoms with Crippen LogP contribution in [0, 0.1) is 0 Å². The van der Waals surface area contributed by atoms with Gasteiger partial charge in [0.05, 0.1) is 33.8 Å². The first-order valence-electron chi connectivity index (χ1n) is 5.91. The zero-order chi connectivity index (χ0) is 14.7. The van der Waals surface area contributed by atoms with E-state index in [9.17, 15) is 4.79 Å². The summed E-state index contributed by atoms with van der Waals surface area (Å²) >= 11 is 13.6. The van der Waals surface area contributed by atoms with Crippen LogP contribution in [0.1, 0.15) is 28.2 Å². The average molecular weight is 330 g/mol. The molecule has 1 N–H and O–H groups in total. The van der Waals surface area contributed by atoms with E-state index in [0.717, 1.165) is 9.21 Å². The molecule has 0 aliphatic rings. The fourth-order valence-corrected chi connectivity index (χ4v) is 2.98. The van der Waals surface area contributed by atoms with Gasteiger partial charge in [0.2, 0.25) is 0 Å². The number of methoxy groups -OCH3 is 1. The van der Waals surface area contributed by atoms with Crippen LogP contribution in [-0.4, -0.2) is 13.1 Å². The molecule has 6 heteroatoms. The highest BCUT2D eigenvalue weighted by Crippen LogP contribution is 2.31. The molecule has 20 heavy (non-hydrogen) atoms. The first-order valence-corrected chi connectivity index (χ1v) is 7.48. The fourth-order valence-electron chi connectivity index (χ4n) is 1.75. The molecule has 106 valence electrons. The topological polar surface area (TPSA) is 38.3 Å². The van der Waals surface area contributed by atoms with Crippen LogP contribution in [0.4, 0.5) is 5.69 Å².